The number of nitrogens with zero attached hydrogens (tertiary/aromatic N) is 3. The average Bonchev–Trinajstić information content (AvgIpc) is 3.08. The van der Waals surface area contributed by atoms with Crippen LogP contribution in [0.3, 0.4) is 0 Å². The minimum Gasteiger partial charge on any atom is -0.374 e. The maximum Gasteiger partial charge on any atom is 0.0854 e. The standard InChI is InChI=1S/C18H25N3OS/c1-15(20(2)12-17-10-19-14-23-17)18-13-21(8-9-22-18)11-16-6-4-3-5-7-16/h3-7,10,14-15,18H,8-9,11-13H2,1-2H3. The average molecular weight is 331 g/mol. The SMILES string of the molecule is CC(C1CN(Cc2ccccc2)CCO1)N(C)Cc1cncs1. The van der Waals surface area contributed by atoms with E-state index >= 15 is 0 Å². The van der Waals surface area contributed by atoms with Gasteiger partial charge in [-0.15, -0.1) is 11.3 Å². The van der Waals surface area contributed by atoms with Gasteiger partial charge in [-0.3, -0.25) is 14.8 Å². The third kappa shape index (κ3) is 4.61. The van der Waals surface area contributed by atoms with Crippen LogP contribution in [0.4, 0.5) is 0 Å². The van der Waals surface area contributed by atoms with Crippen molar-refractivity contribution in [3.63, 3.8) is 0 Å². The molecule has 1 fully saturated rings. The maximum atomic E-state index is 6.05. The minimum atomic E-state index is 0.255. The quantitative estimate of drug-likeness (QED) is 0.814. The molecule has 2 aromatic rings. The number of hydrogen-bond donors (Lipinski definition) is 0. The van der Waals surface area contributed by atoms with Gasteiger partial charge in [-0.2, -0.15) is 0 Å². The van der Waals surface area contributed by atoms with Crippen molar-refractivity contribution >= 4 is 11.3 Å². The lowest BCUT2D eigenvalue weighted by molar-refractivity contribution is -0.0670. The Hall–Kier alpha value is -1.27. The van der Waals surface area contributed by atoms with Crippen molar-refractivity contribution in [1.29, 1.82) is 0 Å². The van der Waals surface area contributed by atoms with E-state index in [-0.39, 0.29) is 6.10 Å². The first kappa shape index (κ1) is 16.6. The number of thiazole rings is 1. The van der Waals surface area contributed by atoms with Crippen LogP contribution in [0.15, 0.2) is 42.0 Å². The van der Waals surface area contributed by atoms with Crippen LogP contribution in [-0.4, -0.2) is 53.7 Å². The van der Waals surface area contributed by atoms with Crippen molar-refractivity contribution in [2.45, 2.75) is 32.2 Å². The second-order valence-electron chi connectivity index (χ2n) is 6.25. The Bertz CT molecular complexity index is 575. The fraction of sp³-hybridized carbons (Fsp3) is 0.500. The summed E-state index contributed by atoms with van der Waals surface area (Å²) in [6.07, 6.45) is 2.21. The van der Waals surface area contributed by atoms with E-state index in [4.69, 9.17) is 4.74 Å². The Morgan fingerprint density at radius 2 is 2.22 bits per heavy atom. The summed E-state index contributed by atoms with van der Waals surface area (Å²) in [6.45, 7) is 7.02. The van der Waals surface area contributed by atoms with Crippen LogP contribution < -0.4 is 0 Å². The normalized spacial score (nSPS) is 20.7. The van der Waals surface area contributed by atoms with Crippen LogP contribution in [0.2, 0.25) is 0 Å². The van der Waals surface area contributed by atoms with Gasteiger partial charge in [-0.05, 0) is 19.5 Å². The molecule has 124 valence electrons. The topological polar surface area (TPSA) is 28.6 Å². The summed E-state index contributed by atoms with van der Waals surface area (Å²) in [5, 5.41) is 0. The Balaban J connectivity index is 1.54. The number of ether oxygens (including phenoxy) is 1. The molecule has 1 aromatic heterocycles. The second-order valence-corrected chi connectivity index (χ2v) is 7.22. The summed E-state index contributed by atoms with van der Waals surface area (Å²) in [5.74, 6) is 0. The summed E-state index contributed by atoms with van der Waals surface area (Å²) in [5.41, 5.74) is 3.27. The molecule has 1 aromatic carbocycles. The molecular weight excluding hydrogens is 306 g/mol. The summed E-state index contributed by atoms with van der Waals surface area (Å²) >= 11 is 1.71. The minimum absolute atomic E-state index is 0.255. The van der Waals surface area contributed by atoms with Crippen molar-refractivity contribution in [3.05, 3.63) is 52.5 Å². The number of aromatic nitrogens is 1. The lowest BCUT2D eigenvalue weighted by Gasteiger charge is -2.39. The predicted octanol–water partition coefficient (Wildman–Crippen LogP) is 2.86. The lowest BCUT2D eigenvalue weighted by Crippen LogP contribution is -2.51. The highest BCUT2D eigenvalue weighted by Crippen LogP contribution is 2.18. The van der Waals surface area contributed by atoms with Crippen LogP contribution >= 0.6 is 11.3 Å². The Labute approximate surface area is 142 Å². The molecule has 5 heteroatoms. The molecule has 1 aliphatic rings. The molecule has 3 rings (SSSR count). The zero-order chi connectivity index (χ0) is 16.1. The van der Waals surface area contributed by atoms with E-state index in [9.17, 15) is 0 Å². The molecule has 23 heavy (non-hydrogen) atoms. The number of morpholine rings is 1. The molecule has 2 unspecified atom stereocenters. The molecular formula is C18H25N3OS. The van der Waals surface area contributed by atoms with E-state index in [1.807, 2.05) is 11.7 Å². The van der Waals surface area contributed by atoms with Crippen molar-refractivity contribution in [2.24, 2.45) is 0 Å². The fourth-order valence-corrected chi connectivity index (χ4v) is 3.66. The molecule has 0 amide bonds. The first-order chi connectivity index (χ1) is 11.2. The van der Waals surface area contributed by atoms with Gasteiger partial charge in [0.15, 0.2) is 0 Å². The first-order valence-electron chi connectivity index (χ1n) is 8.18. The molecule has 2 heterocycles. The van der Waals surface area contributed by atoms with Gasteiger partial charge in [0.05, 0.1) is 18.2 Å². The van der Waals surface area contributed by atoms with Crippen LogP contribution in [0.5, 0.6) is 0 Å². The highest BCUT2D eigenvalue weighted by molar-refractivity contribution is 7.09. The highest BCUT2D eigenvalue weighted by atomic mass is 32.1. The third-order valence-corrected chi connectivity index (χ3v) is 5.31. The zero-order valence-electron chi connectivity index (χ0n) is 13.9. The molecule has 2 atom stereocenters. The maximum absolute atomic E-state index is 6.05. The van der Waals surface area contributed by atoms with Gasteiger partial charge < -0.3 is 4.74 Å². The lowest BCUT2D eigenvalue weighted by atomic mass is 10.1. The van der Waals surface area contributed by atoms with Crippen molar-refractivity contribution < 1.29 is 4.74 Å². The molecule has 0 spiro atoms. The Morgan fingerprint density at radius 1 is 1.39 bits per heavy atom. The molecule has 4 nitrogen and oxygen atoms in total. The van der Waals surface area contributed by atoms with Gasteiger partial charge in [0.1, 0.15) is 0 Å². The van der Waals surface area contributed by atoms with Crippen LogP contribution in [0.1, 0.15) is 17.4 Å². The van der Waals surface area contributed by atoms with Crippen LogP contribution in [-0.2, 0) is 17.8 Å². The number of hydrogen-bond acceptors (Lipinski definition) is 5. The van der Waals surface area contributed by atoms with E-state index in [0.717, 1.165) is 32.8 Å². The molecule has 0 N–H and O–H groups in total. The monoisotopic (exact) mass is 331 g/mol. The summed E-state index contributed by atoms with van der Waals surface area (Å²) in [6, 6.07) is 11.1. The molecule has 0 saturated carbocycles. The van der Waals surface area contributed by atoms with Crippen LogP contribution in [0, 0.1) is 0 Å². The number of likely N-dealkylation sites (N-methyl/N-ethyl adjacent to an activating group) is 1. The van der Waals surface area contributed by atoms with Gasteiger partial charge in [0.25, 0.3) is 0 Å². The molecule has 0 aliphatic carbocycles. The highest BCUT2D eigenvalue weighted by Gasteiger charge is 2.28. The summed E-state index contributed by atoms with van der Waals surface area (Å²) in [4.78, 5) is 10.3. The molecule has 1 saturated heterocycles. The number of benzene rings is 1. The molecule has 1 aliphatic heterocycles. The number of rotatable bonds is 6. The summed E-state index contributed by atoms with van der Waals surface area (Å²) in [7, 11) is 2.17. The largest absolute Gasteiger partial charge is 0.374 e. The molecule has 0 bridgehead atoms. The van der Waals surface area contributed by atoms with Gasteiger partial charge in [0.2, 0.25) is 0 Å². The molecule has 0 radical (unpaired) electrons. The van der Waals surface area contributed by atoms with E-state index in [1.165, 1.54) is 10.4 Å². The van der Waals surface area contributed by atoms with Crippen molar-refractivity contribution in [2.75, 3.05) is 26.7 Å². The van der Waals surface area contributed by atoms with Crippen LogP contribution in [0.25, 0.3) is 0 Å². The zero-order valence-corrected chi connectivity index (χ0v) is 14.7. The van der Waals surface area contributed by atoms with Gasteiger partial charge in [-0.1, -0.05) is 30.3 Å². The van der Waals surface area contributed by atoms with E-state index in [2.05, 4.69) is 59.1 Å². The first-order valence-corrected chi connectivity index (χ1v) is 9.06. The fourth-order valence-electron chi connectivity index (χ4n) is 3.00. The summed E-state index contributed by atoms with van der Waals surface area (Å²) < 4.78 is 6.05. The Morgan fingerprint density at radius 3 is 2.96 bits per heavy atom. The van der Waals surface area contributed by atoms with E-state index in [0.29, 0.717) is 6.04 Å². The second kappa shape index (κ2) is 8.02. The smallest absolute Gasteiger partial charge is 0.0854 e. The van der Waals surface area contributed by atoms with Crippen molar-refractivity contribution in [3.8, 4) is 0 Å². The predicted molar refractivity (Wildman–Crippen MR) is 94.5 cm³/mol. The van der Waals surface area contributed by atoms with Crippen molar-refractivity contribution in [1.82, 2.24) is 14.8 Å². The Kier molecular flexibility index (Phi) is 5.78. The van der Waals surface area contributed by atoms with Gasteiger partial charge in [0, 0.05) is 43.3 Å². The third-order valence-electron chi connectivity index (χ3n) is 4.55. The van der Waals surface area contributed by atoms with Gasteiger partial charge >= 0.3 is 0 Å². The van der Waals surface area contributed by atoms with Gasteiger partial charge in [-0.25, -0.2) is 0 Å². The van der Waals surface area contributed by atoms with E-state index < -0.39 is 0 Å². The van der Waals surface area contributed by atoms with E-state index in [1.54, 1.807) is 11.3 Å².